The summed E-state index contributed by atoms with van der Waals surface area (Å²) >= 11 is 3.11. The minimum Gasteiger partial charge on any atom is -0.392 e. The molecule has 0 aromatic heterocycles. The van der Waals surface area contributed by atoms with E-state index in [-0.39, 0.29) is 11.4 Å². The van der Waals surface area contributed by atoms with Gasteiger partial charge >= 0.3 is 0 Å². The van der Waals surface area contributed by atoms with Crippen LogP contribution in [-0.4, -0.2) is 16.7 Å². The van der Waals surface area contributed by atoms with Gasteiger partial charge in [0.1, 0.15) is 5.82 Å². The van der Waals surface area contributed by atoms with Gasteiger partial charge < -0.3 is 10.4 Å². The van der Waals surface area contributed by atoms with Crippen molar-refractivity contribution in [3.63, 3.8) is 0 Å². The van der Waals surface area contributed by atoms with E-state index in [0.717, 1.165) is 5.56 Å². The first-order chi connectivity index (χ1) is 7.33. The Hall–Kier alpha value is -0.450. The summed E-state index contributed by atoms with van der Waals surface area (Å²) in [6.45, 7) is 6.08. The molecule has 0 saturated heterocycles. The van der Waals surface area contributed by atoms with Crippen molar-refractivity contribution >= 4 is 15.9 Å². The molecule has 0 fully saturated rings. The fourth-order valence-electron chi connectivity index (χ4n) is 1.13. The summed E-state index contributed by atoms with van der Waals surface area (Å²) in [5.41, 5.74) is 0.471. The van der Waals surface area contributed by atoms with Gasteiger partial charge in [0.15, 0.2) is 0 Å². The van der Waals surface area contributed by atoms with E-state index in [1.165, 1.54) is 6.07 Å². The van der Waals surface area contributed by atoms with Crippen LogP contribution < -0.4 is 5.32 Å². The number of rotatable bonds is 4. The summed E-state index contributed by atoms with van der Waals surface area (Å²) in [5, 5.41) is 12.7. The van der Waals surface area contributed by atoms with E-state index < -0.39 is 6.10 Å². The fourth-order valence-corrected chi connectivity index (χ4v) is 1.37. The van der Waals surface area contributed by atoms with Gasteiger partial charge in [0.2, 0.25) is 0 Å². The van der Waals surface area contributed by atoms with Crippen molar-refractivity contribution in [2.24, 2.45) is 0 Å². The Labute approximate surface area is 104 Å². The standard InChI is InChI=1S/C12H17BrFNO/c1-8(16)12(2,3)15-7-9-4-5-10(13)11(14)6-9/h4-6,8,15-16H,7H2,1-3H3. The molecule has 1 atom stereocenters. The third kappa shape index (κ3) is 3.54. The molecule has 1 aromatic rings. The predicted molar refractivity (Wildman–Crippen MR) is 66.7 cm³/mol. The molecule has 1 aromatic carbocycles. The SMILES string of the molecule is CC(O)C(C)(C)NCc1ccc(Br)c(F)c1. The molecule has 0 aliphatic carbocycles. The molecule has 1 rings (SSSR count). The Morgan fingerprint density at radius 3 is 2.62 bits per heavy atom. The molecule has 0 aliphatic rings. The van der Waals surface area contributed by atoms with Crippen molar-refractivity contribution in [1.82, 2.24) is 5.32 Å². The molecule has 0 bridgehead atoms. The fraction of sp³-hybridized carbons (Fsp3) is 0.500. The molecule has 0 heterocycles. The van der Waals surface area contributed by atoms with E-state index in [2.05, 4.69) is 21.2 Å². The first-order valence-electron chi connectivity index (χ1n) is 5.20. The zero-order valence-electron chi connectivity index (χ0n) is 9.72. The summed E-state index contributed by atoms with van der Waals surface area (Å²) in [5.74, 6) is -0.269. The van der Waals surface area contributed by atoms with Crippen LogP contribution in [0.25, 0.3) is 0 Å². The second-order valence-corrected chi connectivity index (χ2v) is 5.35. The maximum absolute atomic E-state index is 13.2. The number of benzene rings is 1. The molecular weight excluding hydrogens is 273 g/mol. The lowest BCUT2D eigenvalue weighted by Crippen LogP contribution is -2.47. The topological polar surface area (TPSA) is 32.3 Å². The van der Waals surface area contributed by atoms with E-state index in [9.17, 15) is 9.50 Å². The van der Waals surface area contributed by atoms with Gasteiger partial charge in [-0.3, -0.25) is 0 Å². The summed E-state index contributed by atoms with van der Waals surface area (Å²) in [7, 11) is 0. The van der Waals surface area contributed by atoms with E-state index in [1.54, 1.807) is 13.0 Å². The number of aliphatic hydroxyl groups is 1. The Morgan fingerprint density at radius 1 is 1.50 bits per heavy atom. The van der Waals surface area contributed by atoms with Gasteiger partial charge in [0.25, 0.3) is 0 Å². The van der Waals surface area contributed by atoms with Crippen molar-refractivity contribution in [1.29, 1.82) is 0 Å². The number of hydrogen-bond donors (Lipinski definition) is 2. The minimum absolute atomic E-state index is 0.269. The molecule has 16 heavy (non-hydrogen) atoms. The average Bonchev–Trinajstić information content (AvgIpc) is 2.20. The molecule has 1 unspecified atom stereocenters. The lowest BCUT2D eigenvalue weighted by Gasteiger charge is -2.29. The van der Waals surface area contributed by atoms with E-state index >= 15 is 0 Å². The van der Waals surface area contributed by atoms with Crippen LogP contribution in [-0.2, 0) is 6.54 Å². The summed E-state index contributed by atoms with van der Waals surface area (Å²) < 4.78 is 13.7. The number of hydrogen-bond acceptors (Lipinski definition) is 2. The highest BCUT2D eigenvalue weighted by Crippen LogP contribution is 2.17. The van der Waals surface area contributed by atoms with Crippen LogP contribution in [0.5, 0.6) is 0 Å². The molecule has 90 valence electrons. The Kier molecular flexibility index (Phi) is 4.47. The van der Waals surface area contributed by atoms with Gasteiger partial charge in [-0.25, -0.2) is 4.39 Å². The normalized spacial score (nSPS) is 13.9. The van der Waals surface area contributed by atoms with Gasteiger partial charge in [0.05, 0.1) is 10.6 Å². The molecule has 2 nitrogen and oxygen atoms in total. The first kappa shape index (κ1) is 13.6. The van der Waals surface area contributed by atoms with Crippen LogP contribution in [0, 0.1) is 5.82 Å². The third-order valence-electron chi connectivity index (χ3n) is 2.78. The van der Waals surface area contributed by atoms with Gasteiger partial charge in [-0.15, -0.1) is 0 Å². The zero-order valence-corrected chi connectivity index (χ0v) is 11.3. The molecule has 2 N–H and O–H groups in total. The molecule has 0 spiro atoms. The summed E-state index contributed by atoms with van der Waals surface area (Å²) in [6.07, 6.45) is -0.465. The quantitative estimate of drug-likeness (QED) is 0.893. The highest BCUT2D eigenvalue weighted by Gasteiger charge is 2.22. The van der Waals surface area contributed by atoms with Crippen molar-refractivity contribution < 1.29 is 9.50 Å². The van der Waals surface area contributed by atoms with Crippen LogP contribution in [0.2, 0.25) is 0 Å². The highest BCUT2D eigenvalue weighted by atomic mass is 79.9. The molecule has 0 saturated carbocycles. The predicted octanol–water partition coefficient (Wildman–Crippen LogP) is 2.84. The van der Waals surface area contributed by atoms with Gasteiger partial charge in [-0.1, -0.05) is 6.07 Å². The van der Waals surface area contributed by atoms with Crippen LogP contribution in [0.4, 0.5) is 4.39 Å². The number of aliphatic hydroxyl groups excluding tert-OH is 1. The first-order valence-corrected chi connectivity index (χ1v) is 5.99. The van der Waals surface area contributed by atoms with Crippen molar-refractivity contribution in [2.45, 2.75) is 39.0 Å². The Bertz CT molecular complexity index is 366. The highest BCUT2D eigenvalue weighted by molar-refractivity contribution is 9.10. The van der Waals surface area contributed by atoms with Crippen molar-refractivity contribution in [2.75, 3.05) is 0 Å². The van der Waals surface area contributed by atoms with Crippen LogP contribution in [0.1, 0.15) is 26.3 Å². The van der Waals surface area contributed by atoms with Gasteiger partial charge in [-0.05, 0) is 54.4 Å². The Balaban J connectivity index is 2.65. The summed E-state index contributed by atoms with van der Waals surface area (Å²) in [6, 6.07) is 5.01. The molecule has 4 heteroatoms. The van der Waals surface area contributed by atoms with Gasteiger partial charge in [0, 0.05) is 12.1 Å². The maximum atomic E-state index is 13.2. The van der Waals surface area contributed by atoms with Crippen LogP contribution in [0.3, 0.4) is 0 Å². The lowest BCUT2D eigenvalue weighted by atomic mass is 9.98. The lowest BCUT2D eigenvalue weighted by molar-refractivity contribution is 0.0956. The second kappa shape index (κ2) is 5.25. The van der Waals surface area contributed by atoms with Crippen LogP contribution in [0.15, 0.2) is 22.7 Å². The zero-order chi connectivity index (χ0) is 12.3. The number of nitrogens with one attached hydrogen (secondary N) is 1. The molecule has 0 aliphatic heterocycles. The minimum atomic E-state index is -0.465. The van der Waals surface area contributed by atoms with E-state index in [4.69, 9.17) is 0 Å². The molecule has 0 amide bonds. The van der Waals surface area contributed by atoms with Crippen LogP contribution >= 0.6 is 15.9 Å². The Morgan fingerprint density at radius 2 is 2.12 bits per heavy atom. The second-order valence-electron chi connectivity index (χ2n) is 4.50. The molecule has 0 radical (unpaired) electrons. The molecular formula is C12H17BrFNO. The number of halogens is 2. The monoisotopic (exact) mass is 289 g/mol. The summed E-state index contributed by atoms with van der Waals surface area (Å²) in [4.78, 5) is 0. The average molecular weight is 290 g/mol. The van der Waals surface area contributed by atoms with E-state index in [1.807, 2.05) is 19.9 Å². The van der Waals surface area contributed by atoms with Gasteiger partial charge in [-0.2, -0.15) is 0 Å². The maximum Gasteiger partial charge on any atom is 0.137 e. The van der Waals surface area contributed by atoms with Crippen molar-refractivity contribution in [3.8, 4) is 0 Å². The third-order valence-corrected chi connectivity index (χ3v) is 3.42. The smallest absolute Gasteiger partial charge is 0.137 e. The van der Waals surface area contributed by atoms with E-state index in [0.29, 0.717) is 11.0 Å². The van der Waals surface area contributed by atoms with Crippen molar-refractivity contribution in [3.05, 3.63) is 34.1 Å². The largest absolute Gasteiger partial charge is 0.392 e.